The number of nitrogens with zero attached hydrogens (tertiary/aromatic N) is 4. The fourth-order valence-electron chi connectivity index (χ4n) is 9.38. The van der Waals surface area contributed by atoms with Crippen molar-refractivity contribution in [3.63, 3.8) is 0 Å². The van der Waals surface area contributed by atoms with E-state index in [1.165, 1.54) is 12.1 Å². The number of amides is 2. The van der Waals surface area contributed by atoms with Gasteiger partial charge in [0.05, 0.1) is 59.0 Å². The smallest absolute Gasteiger partial charge is 0.748 e. The molecule has 1 fully saturated rings. The van der Waals surface area contributed by atoms with Gasteiger partial charge in [0.15, 0.2) is 5.71 Å². The Morgan fingerprint density at radius 1 is 0.792 bits per heavy atom. The van der Waals surface area contributed by atoms with Gasteiger partial charge in [0.1, 0.15) is 26.4 Å². The van der Waals surface area contributed by atoms with Gasteiger partial charge in [-0.1, -0.05) is 67.9 Å². The first-order chi connectivity index (χ1) is 34.3. The molecule has 0 spiro atoms. The van der Waals surface area contributed by atoms with Crippen LogP contribution in [0.2, 0.25) is 5.02 Å². The molecule has 77 heavy (non-hydrogen) atoms. The number of halogens is 1. The molecule has 4 heterocycles. The van der Waals surface area contributed by atoms with E-state index in [0.717, 1.165) is 11.6 Å². The van der Waals surface area contributed by atoms with Gasteiger partial charge in [0, 0.05) is 47.7 Å². The van der Waals surface area contributed by atoms with E-state index in [2.05, 4.69) is 0 Å². The number of imide groups is 1. The summed E-state index contributed by atoms with van der Waals surface area (Å²) in [5.74, 6) is -2.69. The number of unbranched alkanes of at least 4 members (excludes halogenated alkanes) is 2. The molecule has 20 nitrogen and oxygen atoms in total. The molecule has 7 rings (SSSR count). The average molecular weight is 1180 g/mol. The molecule has 1 aromatic heterocycles. The molecule has 0 unspecified atom stereocenters. The predicted octanol–water partition coefficient (Wildman–Crippen LogP) is -3.52. The van der Waals surface area contributed by atoms with E-state index in [9.17, 15) is 66.3 Å². The summed E-state index contributed by atoms with van der Waals surface area (Å²) in [6.45, 7) is 7.77. The number of benzene rings is 3. The van der Waals surface area contributed by atoms with Crippen LogP contribution in [0.5, 0.6) is 0 Å². The molecule has 0 N–H and O–H groups in total. The van der Waals surface area contributed by atoms with Gasteiger partial charge < -0.3 is 27.9 Å². The number of hydrogen-bond donors (Lipinski definition) is 0. The molecule has 0 radical (unpaired) electrons. The zero-order chi connectivity index (χ0) is 54.3. The maximum absolute atomic E-state index is 12.8. The molecule has 0 bridgehead atoms. The van der Waals surface area contributed by atoms with E-state index in [0.29, 0.717) is 74.3 Å². The minimum Gasteiger partial charge on any atom is -0.748 e. The van der Waals surface area contributed by atoms with Gasteiger partial charge in [-0.2, -0.15) is 0 Å². The normalized spacial score (nSPS) is 16.8. The minimum absolute atomic E-state index is 0. The molecule has 2 amide bonds. The van der Waals surface area contributed by atoms with Gasteiger partial charge in [-0.25, -0.2) is 43.0 Å². The second-order valence-corrected chi connectivity index (χ2v) is 25.3. The third-order valence-corrected chi connectivity index (χ3v) is 16.5. The largest absolute Gasteiger partial charge is 1.00 e. The number of aromatic nitrogens is 1. The molecule has 1 saturated heterocycles. The van der Waals surface area contributed by atoms with Gasteiger partial charge in [-0.15, -0.1) is 5.06 Å². The molecular formula is C49H50ClN4Na3O16S4. The molecule has 0 aliphatic carbocycles. The molecule has 3 aromatic carbocycles. The summed E-state index contributed by atoms with van der Waals surface area (Å²) in [6.07, 6.45) is 9.09. The van der Waals surface area contributed by atoms with Gasteiger partial charge in [-0.3, -0.25) is 9.59 Å². The number of rotatable bonds is 20. The summed E-state index contributed by atoms with van der Waals surface area (Å²) in [4.78, 5) is 47.0. The number of fused-ring (bicyclic) bond motifs is 4. The van der Waals surface area contributed by atoms with E-state index < -0.39 is 90.4 Å². The third-order valence-electron chi connectivity index (χ3n) is 13.1. The van der Waals surface area contributed by atoms with E-state index >= 15 is 0 Å². The molecule has 3 aliphatic heterocycles. The summed E-state index contributed by atoms with van der Waals surface area (Å²) in [6, 6.07) is 13.3. The molecule has 396 valence electrons. The number of hydroxylamine groups is 2. The van der Waals surface area contributed by atoms with Crippen LogP contribution in [-0.4, -0.2) is 98.5 Å². The van der Waals surface area contributed by atoms with E-state index in [1.807, 2.05) is 13.8 Å². The van der Waals surface area contributed by atoms with E-state index in [1.54, 1.807) is 84.1 Å². The number of hydrogen-bond acceptors (Lipinski definition) is 18. The van der Waals surface area contributed by atoms with E-state index in [-0.39, 0.29) is 151 Å². The van der Waals surface area contributed by atoms with Gasteiger partial charge in [0.2, 0.25) is 0 Å². The van der Waals surface area contributed by atoms with Crippen LogP contribution >= 0.6 is 11.6 Å². The zero-order valence-corrected chi connectivity index (χ0v) is 53.4. The number of aliphatic imine (C=N–C) groups is 1. The van der Waals surface area contributed by atoms with Crippen molar-refractivity contribution in [1.82, 2.24) is 5.06 Å². The van der Waals surface area contributed by atoms with Crippen LogP contribution < -0.4 is 98.1 Å². The standard InChI is InChI=1S/C49H53ClN4O16S4.3Na/c1-48(2)38-27-34(50)30-52(22-5-7-24-71(58,59)60)47(38)51-41(48)17-13-32(33-11-9-10-31(26-33)12-21-45(57)70-54-43(55)19-20-44(54)56)14-18-42-49(3,4)46-37-28-35(73(64,65)66)29-40(74(67,68)69)36(37)15-16-39(46)53(42)23-6-8-25-72(61,62)63;;;/h9-11,13-18,26-30H,5-8,12,19-25H2,1-4H3,(H3-,58,59,60,61,62,63,64,65,66,67,68,69);;;/q;3*+1/p-3. The number of anilines is 1. The fraction of sp³-hybridized carbons (Fsp3) is 0.367. The summed E-state index contributed by atoms with van der Waals surface area (Å²) in [5, 5.41) is 0.701. The Hall–Kier alpha value is -2.70. The molecule has 0 saturated carbocycles. The summed E-state index contributed by atoms with van der Waals surface area (Å²) in [5.41, 5.74) is 2.48. The molecule has 3 aliphatic rings. The molecular weight excluding hydrogens is 1130 g/mol. The topological polar surface area (TPSA) is 312 Å². The Balaban J connectivity index is 0.00000427. The second kappa shape index (κ2) is 26.0. The second-order valence-electron chi connectivity index (χ2n) is 19.1. The van der Waals surface area contributed by atoms with Gasteiger partial charge >= 0.3 is 100 Å². The van der Waals surface area contributed by atoms with Crippen LogP contribution in [0, 0.1) is 0 Å². The van der Waals surface area contributed by atoms with Crippen LogP contribution in [0.15, 0.2) is 106 Å². The quantitative estimate of drug-likeness (QED) is 0.0207. The van der Waals surface area contributed by atoms with Crippen molar-refractivity contribution in [3.8, 4) is 0 Å². The van der Waals surface area contributed by atoms with E-state index in [4.69, 9.17) is 21.4 Å². The maximum Gasteiger partial charge on any atom is 1.00 e. The van der Waals surface area contributed by atoms with Crippen molar-refractivity contribution < 1.29 is 164 Å². The first-order valence-corrected chi connectivity index (χ1v) is 29.5. The SMILES string of the molecule is CC1(C)C(/C=C/C(=C/C=C2\N(CCCCS(=O)(=O)[O-])c3ccc4c(S(=O)(=O)[O-])cc(S(=O)(=O)[O-])cc4c3C2(C)C)c2cccc(CCC(=O)ON3C(=O)CCC3=O)c2)=Nc2c1cc(Cl)c[n+]2CCCCS(=O)(=O)[O-].[Na+].[Na+].[Na+]. The Bertz CT molecular complexity index is 3590. The van der Waals surface area contributed by atoms with Crippen LogP contribution in [-0.2, 0) is 83.5 Å². The van der Waals surface area contributed by atoms with Crippen molar-refractivity contribution >= 4 is 103 Å². The predicted molar refractivity (Wildman–Crippen MR) is 267 cm³/mol. The van der Waals surface area contributed by atoms with Crippen LogP contribution in [0.1, 0.15) is 94.9 Å². The number of carbonyl (C=O) groups is 3. The summed E-state index contributed by atoms with van der Waals surface area (Å²) < 4.78 is 146. The van der Waals surface area contributed by atoms with Crippen molar-refractivity contribution in [2.75, 3.05) is 23.0 Å². The summed E-state index contributed by atoms with van der Waals surface area (Å²) >= 11 is 6.59. The minimum atomic E-state index is -5.34. The monoisotopic (exact) mass is 1180 g/mol. The Morgan fingerprint density at radius 2 is 1.43 bits per heavy atom. The van der Waals surface area contributed by atoms with Crippen molar-refractivity contribution in [3.05, 3.63) is 118 Å². The van der Waals surface area contributed by atoms with Crippen LogP contribution in [0.4, 0.5) is 11.5 Å². The van der Waals surface area contributed by atoms with Crippen molar-refractivity contribution in [2.45, 2.75) is 106 Å². The van der Waals surface area contributed by atoms with Crippen LogP contribution in [0.25, 0.3) is 16.3 Å². The zero-order valence-electron chi connectivity index (χ0n) is 43.4. The molecule has 4 aromatic rings. The van der Waals surface area contributed by atoms with Gasteiger partial charge in [0.25, 0.3) is 11.8 Å². The Kier molecular flexibility index (Phi) is 22.6. The fourth-order valence-corrected chi connectivity index (χ4v) is 12.0. The average Bonchev–Trinajstić information content (AvgIpc) is 3.83. The molecule has 28 heteroatoms. The molecule has 0 atom stereocenters. The van der Waals surface area contributed by atoms with Crippen molar-refractivity contribution in [1.29, 1.82) is 0 Å². The number of pyridine rings is 1. The maximum atomic E-state index is 12.8. The summed E-state index contributed by atoms with van der Waals surface area (Å²) in [7, 11) is -19.7. The first kappa shape index (κ1) is 66.8. The van der Waals surface area contributed by atoms with Crippen molar-refractivity contribution in [2.24, 2.45) is 4.99 Å². The number of aryl methyl sites for hydroxylation is 2. The first-order valence-electron chi connectivity index (χ1n) is 23.1. The Morgan fingerprint density at radius 3 is 2.04 bits per heavy atom. The number of carbonyl (C=O) groups excluding carboxylic acids is 3. The third kappa shape index (κ3) is 16.1. The van der Waals surface area contributed by atoms with Gasteiger partial charge in [-0.05, 0) is 120 Å². The number of allylic oxidation sites excluding steroid dienone is 6. The Labute approximate surface area is 519 Å². The van der Waals surface area contributed by atoms with Crippen LogP contribution in [0.3, 0.4) is 0 Å².